The minimum Gasteiger partial charge on any atom is -0.421 e. The smallest absolute Gasteiger partial charge is 0.240 e. The highest BCUT2D eigenvalue weighted by Gasteiger charge is 2.05. The second-order valence-electron chi connectivity index (χ2n) is 5.82. The average Bonchev–Trinajstić information content (AvgIpc) is 2.96. The van der Waals surface area contributed by atoms with Crippen molar-refractivity contribution in [2.75, 3.05) is 0 Å². The van der Waals surface area contributed by atoms with Crippen molar-refractivity contribution in [2.24, 2.45) is 0 Å². The van der Waals surface area contributed by atoms with E-state index < -0.39 is 0 Å². The van der Waals surface area contributed by atoms with Crippen LogP contribution in [0.2, 0.25) is 0 Å². The molecule has 3 rings (SSSR count). The van der Waals surface area contributed by atoms with E-state index in [2.05, 4.69) is 67.4 Å². The summed E-state index contributed by atoms with van der Waals surface area (Å²) in [5.41, 5.74) is 6.13. The van der Waals surface area contributed by atoms with Gasteiger partial charge in [0.25, 0.3) is 0 Å². The Balaban J connectivity index is 1.74. The van der Waals surface area contributed by atoms with Crippen molar-refractivity contribution in [3.8, 4) is 0 Å². The van der Waals surface area contributed by atoms with E-state index in [9.17, 15) is 0 Å². The summed E-state index contributed by atoms with van der Waals surface area (Å²) in [6.45, 7) is 6.31. The van der Waals surface area contributed by atoms with Gasteiger partial charge in [-0.3, -0.25) is 0 Å². The Morgan fingerprint density at radius 3 is 2.61 bits per heavy atom. The molecule has 0 radical (unpaired) electrons. The molecule has 0 aliphatic rings. The summed E-state index contributed by atoms with van der Waals surface area (Å²) in [7, 11) is 0. The van der Waals surface area contributed by atoms with E-state index in [0.29, 0.717) is 18.2 Å². The van der Waals surface area contributed by atoms with Crippen LogP contribution >= 0.6 is 0 Å². The molecule has 0 aliphatic heterocycles. The van der Waals surface area contributed by atoms with Crippen LogP contribution in [0.1, 0.15) is 39.6 Å². The van der Waals surface area contributed by atoms with Crippen LogP contribution in [-0.2, 0) is 6.42 Å². The Kier molecular flexibility index (Phi) is 4.38. The van der Waals surface area contributed by atoms with Gasteiger partial charge < -0.3 is 4.42 Å². The summed E-state index contributed by atoms with van der Waals surface area (Å²) < 4.78 is 5.71. The third-order valence-corrected chi connectivity index (χ3v) is 3.97. The summed E-state index contributed by atoms with van der Waals surface area (Å²) in [5, 5.41) is 8.22. The zero-order valence-corrected chi connectivity index (χ0v) is 13.7. The van der Waals surface area contributed by atoms with Gasteiger partial charge in [-0.1, -0.05) is 48.0 Å². The van der Waals surface area contributed by atoms with Crippen molar-refractivity contribution in [1.29, 1.82) is 0 Å². The fourth-order valence-corrected chi connectivity index (χ4v) is 2.52. The number of aromatic nitrogens is 2. The van der Waals surface area contributed by atoms with Gasteiger partial charge in [-0.15, -0.1) is 10.2 Å². The van der Waals surface area contributed by atoms with Crippen LogP contribution in [0.4, 0.5) is 0 Å². The van der Waals surface area contributed by atoms with Gasteiger partial charge in [0.1, 0.15) is 0 Å². The molecule has 0 atom stereocenters. The Morgan fingerprint density at radius 1 is 0.957 bits per heavy atom. The Bertz CT molecular complexity index is 846. The normalized spacial score (nSPS) is 11.3. The summed E-state index contributed by atoms with van der Waals surface area (Å²) >= 11 is 0. The topological polar surface area (TPSA) is 38.9 Å². The number of hydrogen-bond donors (Lipinski definition) is 0. The third-order valence-electron chi connectivity index (χ3n) is 3.97. The minimum atomic E-state index is 0.536. The minimum absolute atomic E-state index is 0.536. The van der Waals surface area contributed by atoms with Crippen LogP contribution in [-0.4, -0.2) is 10.2 Å². The summed E-state index contributed by atoms with van der Waals surface area (Å²) in [5.74, 6) is 1.17. The van der Waals surface area contributed by atoms with E-state index in [-0.39, 0.29) is 0 Å². The van der Waals surface area contributed by atoms with Gasteiger partial charge in [0.2, 0.25) is 11.8 Å². The van der Waals surface area contributed by atoms with Gasteiger partial charge in [-0.25, -0.2) is 0 Å². The molecule has 0 bridgehead atoms. The first-order chi connectivity index (χ1) is 11.1. The van der Waals surface area contributed by atoms with Gasteiger partial charge in [0.05, 0.1) is 6.42 Å². The second kappa shape index (κ2) is 6.61. The molecular weight excluding hydrogens is 284 g/mol. The molecular formula is C20H20N2O. The molecule has 0 fully saturated rings. The first-order valence-corrected chi connectivity index (χ1v) is 7.74. The maximum atomic E-state index is 5.71. The molecule has 23 heavy (non-hydrogen) atoms. The molecule has 0 aliphatic carbocycles. The molecule has 0 spiro atoms. The monoisotopic (exact) mass is 304 g/mol. The summed E-state index contributed by atoms with van der Waals surface area (Å²) in [6, 6.07) is 14.6. The summed E-state index contributed by atoms with van der Waals surface area (Å²) in [6.07, 6.45) is 4.55. The molecule has 3 heteroatoms. The Morgan fingerprint density at radius 2 is 1.78 bits per heavy atom. The van der Waals surface area contributed by atoms with Crippen LogP contribution in [0.15, 0.2) is 46.9 Å². The van der Waals surface area contributed by atoms with Crippen molar-refractivity contribution in [3.05, 3.63) is 82.1 Å². The van der Waals surface area contributed by atoms with Crippen molar-refractivity contribution >= 4 is 12.2 Å². The van der Waals surface area contributed by atoms with Crippen LogP contribution in [0.5, 0.6) is 0 Å². The first kappa shape index (κ1) is 15.2. The fraction of sp³-hybridized carbons (Fsp3) is 0.200. The van der Waals surface area contributed by atoms with E-state index in [1.807, 2.05) is 18.2 Å². The van der Waals surface area contributed by atoms with Gasteiger partial charge in [0.15, 0.2) is 0 Å². The lowest BCUT2D eigenvalue weighted by atomic mass is 10.0. The molecule has 0 N–H and O–H groups in total. The lowest BCUT2D eigenvalue weighted by molar-refractivity contribution is 0.496. The van der Waals surface area contributed by atoms with Crippen molar-refractivity contribution in [3.63, 3.8) is 0 Å². The van der Waals surface area contributed by atoms with E-state index in [0.717, 1.165) is 0 Å². The van der Waals surface area contributed by atoms with Crippen LogP contribution in [0, 0.1) is 20.8 Å². The maximum Gasteiger partial charge on any atom is 0.240 e. The van der Waals surface area contributed by atoms with Gasteiger partial charge in [0, 0.05) is 6.08 Å². The number of rotatable bonds is 4. The zero-order valence-electron chi connectivity index (χ0n) is 13.7. The third kappa shape index (κ3) is 3.75. The quantitative estimate of drug-likeness (QED) is 0.698. The molecule has 3 aromatic rings. The highest BCUT2D eigenvalue weighted by atomic mass is 16.4. The highest BCUT2D eigenvalue weighted by Crippen LogP contribution is 2.16. The van der Waals surface area contributed by atoms with Gasteiger partial charge >= 0.3 is 0 Å². The SMILES string of the molecule is Cc1cccc(Cc2nnc(/C=C/c3cccc(C)c3C)o2)c1. The fourth-order valence-electron chi connectivity index (χ4n) is 2.52. The highest BCUT2D eigenvalue weighted by molar-refractivity contribution is 5.68. The molecule has 0 saturated carbocycles. The lowest BCUT2D eigenvalue weighted by Gasteiger charge is -2.02. The second-order valence-corrected chi connectivity index (χ2v) is 5.82. The van der Waals surface area contributed by atoms with Crippen molar-refractivity contribution < 1.29 is 4.42 Å². The first-order valence-electron chi connectivity index (χ1n) is 7.74. The molecule has 0 unspecified atom stereocenters. The molecule has 0 amide bonds. The van der Waals surface area contributed by atoms with Gasteiger partial charge in [-0.2, -0.15) is 0 Å². The van der Waals surface area contributed by atoms with Crippen LogP contribution < -0.4 is 0 Å². The van der Waals surface area contributed by atoms with E-state index in [1.54, 1.807) is 0 Å². The largest absolute Gasteiger partial charge is 0.421 e. The number of benzene rings is 2. The predicted octanol–water partition coefficient (Wildman–Crippen LogP) is 4.76. The van der Waals surface area contributed by atoms with E-state index in [4.69, 9.17) is 4.42 Å². The lowest BCUT2D eigenvalue weighted by Crippen LogP contribution is -1.88. The number of hydrogen-bond acceptors (Lipinski definition) is 3. The Labute approximate surface area is 136 Å². The molecule has 0 saturated heterocycles. The number of nitrogens with zero attached hydrogens (tertiary/aromatic N) is 2. The van der Waals surface area contributed by atoms with E-state index in [1.165, 1.54) is 27.8 Å². The predicted molar refractivity (Wildman–Crippen MR) is 93.1 cm³/mol. The average molecular weight is 304 g/mol. The van der Waals surface area contributed by atoms with Gasteiger partial charge in [-0.05, 0) is 49.1 Å². The molecule has 2 aromatic carbocycles. The van der Waals surface area contributed by atoms with E-state index >= 15 is 0 Å². The number of aryl methyl sites for hydroxylation is 2. The zero-order chi connectivity index (χ0) is 16.2. The molecule has 1 aromatic heterocycles. The van der Waals surface area contributed by atoms with Crippen molar-refractivity contribution in [2.45, 2.75) is 27.2 Å². The Hall–Kier alpha value is -2.68. The molecule has 116 valence electrons. The van der Waals surface area contributed by atoms with Crippen LogP contribution in [0.25, 0.3) is 12.2 Å². The van der Waals surface area contributed by atoms with Crippen molar-refractivity contribution in [1.82, 2.24) is 10.2 Å². The maximum absolute atomic E-state index is 5.71. The molecule has 3 nitrogen and oxygen atoms in total. The van der Waals surface area contributed by atoms with Crippen LogP contribution in [0.3, 0.4) is 0 Å². The molecule has 1 heterocycles. The standard InChI is InChI=1S/C20H20N2O/c1-14-6-4-8-17(12-14)13-20-22-21-19(23-20)11-10-18-9-5-7-15(2)16(18)3/h4-12H,13H2,1-3H3/b11-10+. The summed E-state index contributed by atoms with van der Waals surface area (Å²) in [4.78, 5) is 0.